The topological polar surface area (TPSA) is 35.0 Å². The molecule has 2 rings (SSSR count). The second kappa shape index (κ2) is 4.55. The Labute approximate surface area is 88.8 Å². The van der Waals surface area contributed by atoms with Crippen LogP contribution in [0, 0.1) is 6.92 Å². The Morgan fingerprint density at radius 3 is 2.67 bits per heavy atom. The van der Waals surface area contributed by atoms with Crippen molar-refractivity contribution in [2.24, 2.45) is 0 Å². The van der Waals surface area contributed by atoms with Gasteiger partial charge >= 0.3 is 0 Å². The first kappa shape index (κ1) is 9.65. The number of aromatic nitrogens is 2. The molecule has 0 radical (unpaired) electrons. The van der Waals surface area contributed by atoms with Gasteiger partial charge in [0.1, 0.15) is 6.61 Å². The van der Waals surface area contributed by atoms with E-state index in [-0.39, 0.29) is 0 Å². The van der Waals surface area contributed by atoms with Gasteiger partial charge in [-0.3, -0.25) is 4.98 Å². The van der Waals surface area contributed by atoms with Crippen LogP contribution >= 0.6 is 0 Å². The average molecular weight is 200 g/mol. The third kappa shape index (κ3) is 2.77. The van der Waals surface area contributed by atoms with E-state index >= 15 is 0 Å². The molecule has 2 aromatic rings. The van der Waals surface area contributed by atoms with E-state index in [9.17, 15) is 0 Å². The molecule has 0 spiro atoms. The summed E-state index contributed by atoms with van der Waals surface area (Å²) in [5.74, 6) is 0.659. The molecule has 0 unspecified atom stereocenters. The van der Waals surface area contributed by atoms with Crippen molar-refractivity contribution >= 4 is 0 Å². The lowest BCUT2D eigenvalue weighted by molar-refractivity contribution is 0.293. The van der Waals surface area contributed by atoms with Gasteiger partial charge in [-0.1, -0.05) is 6.07 Å². The van der Waals surface area contributed by atoms with Crippen LogP contribution in [0.1, 0.15) is 11.3 Å². The summed E-state index contributed by atoms with van der Waals surface area (Å²) < 4.78 is 5.53. The summed E-state index contributed by atoms with van der Waals surface area (Å²) in [5.41, 5.74) is 2.05. The molecule has 0 fully saturated rings. The standard InChI is InChI=1S/C12H12N2O/c1-10-3-2-4-12(14-10)15-9-11-5-7-13-8-6-11/h2-8H,9H2,1H3. The number of hydrogen-bond acceptors (Lipinski definition) is 3. The lowest BCUT2D eigenvalue weighted by atomic mass is 10.3. The molecule has 0 atom stereocenters. The summed E-state index contributed by atoms with van der Waals surface area (Å²) in [4.78, 5) is 8.19. The molecule has 0 saturated heterocycles. The smallest absolute Gasteiger partial charge is 0.213 e. The normalized spacial score (nSPS) is 9.93. The van der Waals surface area contributed by atoms with Gasteiger partial charge in [-0.05, 0) is 30.7 Å². The van der Waals surface area contributed by atoms with Crippen LogP contribution in [0.2, 0.25) is 0 Å². The lowest BCUT2D eigenvalue weighted by Crippen LogP contribution is -1.97. The van der Waals surface area contributed by atoms with Crippen LogP contribution in [0.25, 0.3) is 0 Å². The first-order valence-corrected chi connectivity index (χ1v) is 4.80. The third-order valence-corrected chi connectivity index (χ3v) is 2.00. The van der Waals surface area contributed by atoms with Gasteiger partial charge in [0.15, 0.2) is 0 Å². The molecule has 0 aliphatic carbocycles. The highest BCUT2D eigenvalue weighted by Crippen LogP contribution is 2.09. The highest BCUT2D eigenvalue weighted by molar-refractivity contribution is 5.16. The van der Waals surface area contributed by atoms with Gasteiger partial charge in [0.05, 0.1) is 0 Å². The Kier molecular flexibility index (Phi) is 2.93. The molecule has 0 bridgehead atoms. The summed E-state index contributed by atoms with van der Waals surface area (Å²) in [5, 5.41) is 0. The van der Waals surface area contributed by atoms with E-state index < -0.39 is 0 Å². The van der Waals surface area contributed by atoms with Crippen LogP contribution in [0.4, 0.5) is 0 Å². The van der Waals surface area contributed by atoms with Gasteiger partial charge in [0, 0.05) is 24.2 Å². The molecule has 0 aromatic carbocycles. The zero-order valence-corrected chi connectivity index (χ0v) is 8.55. The monoisotopic (exact) mass is 200 g/mol. The van der Waals surface area contributed by atoms with Crippen LogP contribution in [-0.4, -0.2) is 9.97 Å². The van der Waals surface area contributed by atoms with E-state index in [1.807, 2.05) is 37.3 Å². The maximum atomic E-state index is 5.53. The number of nitrogens with zero attached hydrogens (tertiary/aromatic N) is 2. The molecule has 0 aliphatic heterocycles. The van der Waals surface area contributed by atoms with Gasteiger partial charge in [-0.25, -0.2) is 4.98 Å². The fraction of sp³-hybridized carbons (Fsp3) is 0.167. The minimum Gasteiger partial charge on any atom is -0.473 e. The number of hydrogen-bond donors (Lipinski definition) is 0. The minimum absolute atomic E-state index is 0.527. The van der Waals surface area contributed by atoms with Crippen molar-refractivity contribution in [2.75, 3.05) is 0 Å². The van der Waals surface area contributed by atoms with E-state index in [1.165, 1.54) is 0 Å². The number of pyridine rings is 2. The molecule has 0 N–H and O–H groups in total. The molecule has 76 valence electrons. The lowest BCUT2D eigenvalue weighted by Gasteiger charge is -2.05. The number of aryl methyl sites for hydroxylation is 1. The molecular formula is C12H12N2O. The van der Waals surface area contributed by atoms with E-state index in [1.54, 1.807) is 12.4 Å². The Morgan fingerprint density at radius 2 is 1.93 bits per heavy atom. The maximum absolute atomic E-state index is 5.53. The van der Waals surface area contributed by atoms with Crippen LogP contribution in [0.3, 0.4) is 0 Å². The third-order valence-electron chi connectivity index (χ3n) is 2.00. The number of rotatable bonds is 3. The highest BCUT2D eigenvalue weighted by atomic mass is 16.5. The van der Waals surface area contributed by atoms with Crippen molar-refractivity contribution < 1.29 is 4.74 Å². The zero-order valence-electron chi connectivity index (χ0n) is 8.55. The summed E-state index contributed by atoms with van der Waals surface area (Å²) in [7, 11) is 0. The second-order valence-corrected chi connectivity index (χ2v) is 3.26. The van der Waals surface area contributed by atoms with E-state index in [0.717, 1.165) is 11.3 Å². The fourth-order valence-corrected chi connectivity index (χ4v) is 1.23. The Hall–Kier alpha value is -1.90. The summed E-state index contributed by atoms with van der Waals surface area (Å²) in [6.07, 6.45) is 3.50. The molecule has 3 heteroatoms. The molecule has 0 amide bonds. The maximum Gasteiger partial charge on any atom is 0.213 e. The zero-order chi connectivity index (χ0) is 10.5. The quantitative estimate of drug-likeness (QED) is 0.762. The minimum atomic E-state index is 0.527. The van der Waals surface area contributed by atoms with Gasteiger partial charge in [0.25, 0.3) is 0 Å². The molecule has 0 aliphatic rings. The Bertz CT molecular complexity index is 429. The summed E-state index contributed by atoms with van der Waals surface area (Å²) >= 11 is 0. The molecule has 2 heterocycles. The molecule has 2 aromatic heterocycles. The van der Waals surface area contributed by atoms with Gasteiger partial charge < -0.3 is 4.74 Å². The van der Waals surface area contributed by atoms with Crippen LogP contribution in [-0.2, 0) is 6.61 Å². The molecule has 0 saturated carbocycles. The van der Waals surface area contributed by atoms with E-state index in [2.05, 4.69) is 9.97 Å². The summed E-state index contributed by atoms with van der Waals surface area (Å²) in [6.45, 7) is 2.47. The second-order valence-electron chi connectivity index (χ2n) is 3.26. The number of ether oxygens (including phenoxy) is 1. The van der Waals surface area contributed by atoms with Crippen molar-refractivity contribution in [1.82, 2.24) is 9.97 Å². The van der Waals surface area contributed by atoms with Gasteiger partial charge in [0.2, 0.25) is 5.88 Å². The van der Waals surface area contributed by atoms with Gasteiger partial charge in [-0.2, -0.15) is 0 Å². The van der Waals surface area contributed by atoms with E-state index in [4.69, 9.17) is 4.74 Å². The van der Waals surface area contributed by atoms with Crippen molar-refractivity contribution in [2.45, 2.75) is 13.5 Å². The first-order valence-electron chi connectivity index (χ1n) is 4.80. The first-order chi connectivity index (χ1) is 7.34. The fourth-order valence-electron chi connectivity index (χ4n) is 1.23. The molecule has 3 nitrogen and oxygen atoms in total. The molecular weight excluding hydrogens is 188 g/mol. The van der Waals surface area contributed by atoms with Gasteiger partial charge in [-0.15, -0.1) is 0 Å². The predicted molar refractivity (Wildman–Crippen MR) is 57.5 cm³/mol. The highest BCUT2D eigenvalue weighted by Gasteiger charge is 1.96. The summed E-state index contributed by atoms with van der Waals surface area (Å²) in [6, 6.07) is 9.59. The van der Waals surface area contributed by atoms with Crippen molar-refractivity contribution in [1.29, 1.82) is 0 Å². The van der Waals surface area contributed by atoms with Crippen LogP contribution in [0.5, 0.6) is 5.88 Å². The largest absolute Gasteiger partial charge is 0.473 e. The van der Waals surface area contributed by atoms with Crippen molar-refractivity contribution in [3.8, 4) is 5.88 Å². The van der Waals surface area contributed by atoms with Crippen molar-refractivity contribution in [3.05, 3.63) is 54.0 Å². The van der Waals surface area contributed by atoms with E-state index in [0.29, 0.717) is 12.5 Å². The predicted octanol–water partition coefficient (Wildman–Crippen LogP) is 2.36. The SMILES string of the molecule is Cc1cccc(OCc2ccncc2)n1. The van der Waals surface area contributed by atoms with Crippen molar-refractivity contribution in [3.63, 3.8) is 0 Å². The van der Waals surface area contributed by atoms with Crippen LogP contribution in [0.15, 0.2) is 42.7 Å². The Morgan fingerprint density at radius 1 is 1.13 bits per heavy atom. The molecule has 15 heavy (non-hydrogen) atoms. The average Bonchev–Trinajstić information content (AvgIpc) is 2.28. The van der Waals surface area contributed by atoms with Crippen LogP contribution < -0.4 is 4.74 Å². The Balaban J connectivity index is 1.99.